The Morgan fingerprint density at radius 2 is 1.94 bits per heavy atom. The summed E-state index contributed by atoms with van der Waals surface area (Å²) in [7, 11) is 1.87. The molecule has 2 aromatic carbocycles. The van der Waals surface area contributed by atoms with Crippen LogP contribution in [0.5, 0.6) is 0 Å². The van der Waals surface area contributed by atoms with E-state index in [1.54, 1.807) is 21.6 Å². The number of amides is 1. The number of rotatable bonds is 7. The van der Waals surface area contributed by atoms with E-state index in [0.29, 0.717) is 12.1 Å². The summed E-state index contributed by atoms with van der Waals surface area (Å²) >= 11 is 0. The number of para-hydroxylation sites is 1. The summed E-state index contributed by atoms with van der Waals surface area (Å²) in [6, 6.07) is 19.1. The normalized spacial score (nSPS) is 11.4. The maximum Gasteiger partial charge on any atom is 0.253 e. The van der Waals surface area contributed by atoms with E-state index >= 15 is 0 Å². The predicted molar refractivity (Wildman–Crippen MR) is 132 cm³/mol. The average molecular weight is 453 g/mol. The predicted octanol–water partition coefficient (Wildman–Crippen LogP) is 3.96. The van der Waals surface area contributed by atoms with Crippen molar-refractivity contribution in [2.75, 3.05) is 5.32 Å². The summed E-state index contributed by atoms with van der Waals surface area (Å²) in [6.45, 7) is 2.33. The van der Waals surface area contributed by atoms with E-state index in [4.69, 9.17) is 0 Å². The van der Waals surface area contributed by atoms with Gasteiger partial charge < -0.3 is 10.6 Å². The molecule has 0 unspecified atom stereocenters. The van der Waals surface area contributed by atoms with Gasteiger partial charge in [0.2, 0.25) is 0 Å². The van der Waals surface area contributed by atoms with Crippen molar-refractivity contribution in [3.63, 3.8) is 0 Å². The van der Waals surface area contributed by atoms with Crippen LogP contribution in [0.25, 0.3) is 10.9 Å². The van der Waals surface area contributed by atoms with E-state index in [1.165, 1.54) is 0 Å². The summed E-state index contributed by atoms with van der Waals surface area (Å²) in [5, 5.41) is 23.4. The second-order valence-corrected chi connectivity index (χ2v) is 7.93. The number of aromatic amines is 1. The first-order valence-corrected chi connectivity index (χ1v) is 10.9. The standard InChI is InChI=1S/C25H24N8O/c1-17-13-19(32(2)31-17)15-26-25(34)21-7-3-4-8-22(21)28-18-9-10-20-23(14-18)29-30-24(20)16-27-33-11-5-6-12-33/h3-14,16,28H,15H2,1-2H3,(H,26,34)(H,29,30). The van der Waals surface area contributed by atoms with E-state index in [1.807, 2.05) is 81.0 Å². The minimum absolute atomic E-state index is 0.159. The lowest BCUT2D eigenvalue weighted by Crippen LogP contribution is -2.24. The molecule has 0 aliphatic carbocycles. The van der Waals surface area contributed by atoms with E-state index in [-0.39, 0.29) is 5.91 Å². The summed E-state index contributed by atoms with van der Waals surface area (Å²) in [6.07, 6.45) is 5.44. The molecule has 170 valence electrons. The fourth-order valence-corrected chi connectivity index (χ4v) is 3.78. The molecular formula is C25H24N8O. The molecule has 0 saturated carbocycles. The largest absolute Gasteiger partial charge is 0.355 e. The zero-order chi connectivity index (χ0) is 23.5. The highest BCUT2D eigenvalue weighted by Crippen LogP contribution is 2.25. The van der Waals surface area contributed by atoms with Gasteiger partial charge in [0, 0.05) is 30.5 Å². The Morgan fingerprint density at radius 3 is 2.74 bits per heavy atom. The maximum absolute atomic E-state index is 12.9. The van der Waals surface area contributed by atoms with Gasteiger partial charge in [0.1, 0.15) is 5.69 Å². The smallest absolute Gasteiger partial charge is 0.253 e. The van der Waals surface area contributed by atoms with Crippen LogP contribution >= 0.6 is 0 Å². The molecule has 3 N–H and O–H groups in total. The van der Waals surface area contributed by atoms with E-state index in [0.717, 1.165) is 39.4 Å². The second-order valence-electron chi connectivity index (χ2n) is 7.93. The van der Waals surface area contributed by atoms with Crippen LogP contribution in [0.1, 0.15) is 27.4 Å². The van der Waals surface area contributed by atoms with Gasteiger partial charge in [0.25, 0.3) is 5.91 Å². The Balaban J connectivity index is 1.33. The van der Waals surface area contributed by atoms with Crippen LogP contribution in [0.4, 0.5) is 11.4 Å². The first-order chi connectivity index (χ1) is 16.6. The van der Waals surface area contributed by atoms with Crippen molar-refractivity contribution in [2.24, 2.45) is 12.1 Å². The monoisotopic (exact) mass is 452 g/mol. The quantitative estimate of drug-likeness (QED) is 0.325. The molecule has 5 rings (SSSR count). The first-order valence-electron chi connectivity index (χ1n) is 10.9. The molecule has 0 fully saturated rings. The molecular weight excluding hydrogens is 428 g/mol. The number of fused-ring (bicyclic) bond motifs is 1. The molecule has 0 spiro atoms. The van der Waals surface area contributed by atoms with Gasteiger partial charge in [-0.05, 0) is 55.5 Å². The van der Waals surface area contributed by atoms with Gasteiger partial charge in [-0.2, -0.15) is 15.3 Å². The van der Waals surface area contributed by atoms with Crippen molar-refractivity contribution >= 4 is 34.4 Å². The molecule has 0 aliphatic rings. The molecule has 1 amide bonds. The van der Waals surface area contributed by atoms with Crippen LogP contribution in [-0.2, 0) is 13.6 Å². The van der Waals surface area contributed by atoms with Gasteiger partial charge in [-0.15, -0.1) is 0 Å². The summed E-state index contributed by atoms with van der Waals surface area (Å²) in [5.74, 6) is -0.159. The van der Waals surface area contributed by atoms with Gasteiger partial charge in [-0.25, -0.2) is 4.68 Å². The Labute approximate surface area is 196 Å². The van der Waals surface area contributed by atoms with Crippen LogP contribution < -0.4 is 10.6 Å². The fraction of sp³-hybridized carbons (Fsp3) is 0.120. The first kappa shape index (κ1) is 21.2. The minimum atomic E-state index is -0.159. The molecule has 3 aromatic heterocycles. The van der Waals surface area contributed by atoms with Crippen LogP contribution in [0.15, 0.2) is 78.2 Å². The van der Waals surface area contributed by atoms with Crippen molar-refractivity contribution in [3.8, 4) is 0 Å². The minimum Gasteiger partial charge on any atom is -0.355 e. The second kappa shape index (κ2) is 9.07. The molecule has 9 nitrogen and oxygen atoms in total. The topological polar surface area (TPSA) is 105 Å². The number of nitrogens with zero attached hydrogens (tertiary/aromatic N) is 5. The highest BCUT2D eigenvalue weighted by atomic mass is 16.1. The third-order valence-electron chi connectivity index (χ3n) is 5.47. The number of carbonyl (C=O) groups is 1. The lowest BCUT2D eigenvalue weighted by molar-refractivity contribution is 0.0951. The summed E-state index contributed by atoms with van der Waals surface area (Å²) in [4.78, 5) is 12.9. The summed E-state index contributed by atoms with van der Waals surface area (Å²) < 4.78 is 3.49. The van der Waals surface area contributed by atoms with Gasteiger partial charge in [0.05, 0.1) is 40.9 Å². The highest BCUT2D eigenvalue weighted by Gasteiger charge is 2.13. The molecule has 9 heteroatoms. The number of benzene rings is 2. The van der Waals surface area contributed by atoms with Crippen molar-refractivity contribution < 1.29 is 4.79 Å². The number of H-pyrrole nitrogens is 1. The number of aryl methyl sites for hydroxylation is 2. The number of nitrogens with one attached hydrogen (secondary N) is 3. The maximum atomic E-state index is 12.9. The van der Waals surface area contributed by atoms with Crippen LogP contribution in [-0.4, -0.2) is 36.8 Å². The molecule has 0 radical (unpaired) electrons. The summed E-state index contributed by atoms with van der Waals surface area (Å²) in [5.41, 5.74) is 5.60. The SMILES string of the molecule is Cc1cc(CNC(=O)c2ccccc2Nc2ccc3c(C=Nn4cccc4)n[nH]c3c2)n(C)n1. The molecule has 3 heterocycles. The van der Waals surface area contributed by atoms with Crippen LogP contribution in [0.3, 0.4) is 0 Å². The average Bonchev–Trinajstić information content (AvgIpc) is 3.56. The number of hydrogen-bond acceptors (Lipinski definition) is 5. The number of hydrogen-bond donors (Lipinski definition) is 3. The Morgan fingerprint density at radius 1 is 1.12 bits per heavy atom. The third kappa shape index (κ3) is 4.44. The molecule has 0 bridgehead atoms. The Kier molecular flexibility index (Phi) is 5.65. The van der Waals surface area contributed by atoms with Gasteiger partial charge in [-0.1, -0.05) is 12.1 Å². The molecule has 34 heavy (non-hydrogen) atoms. The highest BCUT2D eigenvalue weighted by molar-refractivity contribution is 6.01. The van der Waals surface area contributed by atoms with Crippen molar-refractivity contribution in [1.82, 2.24) is 30.0 Å². The van der Waals surface area contributed by atoms with Gasteiger partial charge in [-0.3, -0.25) is 14.6 Å². The zero-order valence-corrected chi connectivity index (χ0v) is 18.9. The molecule has 0 saturated heterocycles. The molecule has 5 aromatic rings. The fourth-order valence-electron chi connectivity index (χ4n) is 3.78. The van der Waals surface area contributed by atoms with Crippen molar-refractivity contribution in [2.45, 2.75) is 13.5 Å². The van der Waals surface area contributed by atoms with E-state index < -0.39 is 0 Å². The zero-order valence-electron chi connectivity index (χ0n) is 18.9. The lowest BCUT2D eigenvalue weighted by Gasteiger charge is -2.12. The van der Waals surface area contributed by atoms with Crippen molar-refractivity contribution in [3.05, 3.63) is 95.7 Å². The Hall–Kier alpha value is -4.66. The third-order valence-corrected chi connectivity index (χ3v) is 5.47. The Bertz CT molecular complexity index is 1480. The van der Waals surface area contributed by atoms with Gasteiger partial charge >= 0.3 is 0 Å². The number of anilines is 2. The molecule has 0 atom stereocenters. The van der Waals surface area contributed by atoms with Crippen LogP contribution in [0.2, 0.25) is 0 Å². The number of carbonyl (C=O) groups excluding carboxylic acids is 1. The van der Waals surface area contributed by atoms with Crippen LogP contribution in [0, 0.1) is 6.92 Å². The van der Waals surface area contributed by atoms with Crippen molar-refractivity contribution in [1.29, 1.82) is 0 Å². The number of aromatic nitrogens is 5. The van der Waals surface area contributed by atoms with E-state index in [9.17, 15) is 4.79 Å². The van der Waals surface area contributed by atoms with E-state index in [2.05, 4.69) is 31.0 Å². The lowest BCUT2D eigenvalue weighted by atomic mass is 10.1. The van der Waals surface area contributed by atoms with Gasteiger partial charge in [0.15, 0.2) is 0 Å². The molecule has 0 aliphatic heterocycles.